The largest absolute Gasteiger partial charge is 0.389 e. The normalized spacial score (nSPS) is 16.3. The second-order valence-electron chi connectivity index (χ2n) is 7.18. The van der Waals surface area contributed by atoms with Gasteiger partial charge in [0.05, 0.1) is 11.6 Å². The van der Waals surface area contributed by atoms with Crippen LogP contribution in [0.1, 0.15) is 46.9 Å². The van der Waals surface area contributed by atoms with E-state index in [2.05, 4.69) is 5.32 Å². The summed E-state index contributed by atoms with van der Waals surface area (Å²) >= 11 is 0. The lowest BCUT2D eigenvalue weighted by atomic mass is 9.97. The van der Waals surface area contributed by atoms with Gasteiger partial charge >= 0.3 is 6.03 Å². The molecular formula is C20H23N3O3. The van der Waals surface area contributed by atoms with Crippen LogP contribution in [-0.4, -0.2) is 34.1 Å². The molecule has 3 amide bonds. The molecule has 0 saturated carbocycles. The Balaban J connectivity index is 1.83. The molecule has 1 unspecified atom stereocenters. The molecule has 2 aromatic rings. The Hall–Kier alpha value is -2.86. The lowest BCUT2D eigenvalue weighted by Crippen LogP contribution is -2.38. The fourth-order valence-corrected chi connectivity index (χ4v) is 3.17. The summed E-state index contributed by atoms with van der Waals surface area (Å²) in [6, 6.07) is 14.2. The number of nitrogens with two attached hydrogens (primary N) is 1. The summed E-state index contributed by atoms with van der Waals surface area (Å²) in [4.78, 5) is 25.7. The molecule has 4 N–H and O–H groups in total. The lowest BCUT2D eigenvalue weighted by Gasteiger charge is -2.24. The number of amides is 3. The summed E-state index contributed by atoms with van der Waals surface area (Å²) in [7, 11) is 0. The predicted octanol–water partition coefficient (Wildman–Crippen LogP) is 2.17. The summed E-state index contributed by atoms with van der Waals surface area (Å²) in [6.07, 6.45) is 0. The first kappa shape index (κ1) is 17.9. The van der Waals surface area contributed by atoms with E-state index in [0.29, 0.717) is 12.1 Å². The number of primary amides is 1. The highest BCUT2D eigenvalue weighted by atomic mass is 16.3. The third kappa shape index (κ3) is 3.70. The zero-order chi connectivity index (χ0) is 18.9. The fourth-order valence-electron chi connectivity index (χ4n) is 3.17. The van der Waals surface area contributed by atoms with Crippen molar-refractivity contribution in [1.82, 2.24) is 10.2 Å². The van der Waals surface area contributed by atoms with Crippen LogP contribution in [0.5, 0.6) is 0 Å². The topological polar surface area (TPSA) is 95.7 Å². The minimum Gasteiger partial charge on any atom is -0.389 e. The second kappa shape index (κ2) is 6.80. The van der Waals surface area contributed by atoms with Gasteiger partial charge in [0.2, 0.25) is 0 Å². The first-order chi connectivity index (χ1) is 12.3. The van der Waals surface area contributed by atoms with Crippen LogP contribution < -0.4 is 11.1 Å². The molecule has 0 aromatic heterocycles. The van der Waals surface area contributed by atoms with Crippen LogP contribution in [0, 0.1) is 0 Å². The molecular weight excluding hydrogens is 330 g/mol. The van der Waals surface area contributed by atoms with Gasteiger partial charge in [-0.3, -0.25) is 4.79 Å². The van der Waals surface area contributed by atoms with Crippen molar-refractivity contribution < 1.29 is 14.7 Å². The van der Waals surface area contributed by atoms with Crippen LogP contribution in [0.15, 0.2) is 48.5 Å². The van der Waals surface area contributed by atoms with E-state index >= 15 is 0 Å². The Morgan fingerprint density at radius 2 is 1.85 bits per heavy atom. The quantitative estimate of drug-likeness (QED) is 0.786. The van der Waals surface area contributed by atoms with Gasteiger partial charge < -0.3 is 21.1 Å². The van der Waals surface area contributed by atoms with E-state index in [-0.39, 0.29) is 18.5 Å². The molecule has 6 nitrogen and oxygen atoms in total. The molecule has 26 heavy (non-hydrogen) atoms. The van der Waals surface area contributed by atoms with Crippen LogP contribution in [0.4, 0.5) is 4.79 Å². The third-order valence-electron chi connectivity index (χ3n) is 4.46. The van der Waals surface area contributed by atoms with Crippen LogP contribution in [0.25, 0.3) is 0 Å². The van der Waals surface area contributed by atoms with Gasteiger partial charge in [-0.05, 0) is 42.7 Å². The Morgan fingerprint density at radius 1 is 1.19 bits per heavy atom. The Morgan fingerprint density at radius 3 is 2.46 bits per heavy atom. The monoisotopic (exact) mass is 353 g/mol. The fraction of sp³-hybridized carbons (Fsp3) is 0.300. The minimum absolute atomic E-state index is 0.166. The number of nitrogens with one attached hydrogen (secondary N) is 1. The van der Waals surface area contributed by atoms with Crippen molar-refractivity contribution in [1.29, 1.82) is 0 Å². The summed E-state index contributed by atoms with van der Waals surface area (Å²) < 4.78 is 0. The van der Waals surface area contributed by atoms with Gasteiger partial charge in [-0.1, -0.05) is 36.4 Å². The number of nitrogens with zero attached hydrogens (tertiary/aromatic N) is 1. The van der Waals surface area contributed by atoms with E-state index in [4.69, 9.17) is 5.73 Å². The van der Waals surface area contributed by atoms with Crippen molar-refractivity contribution in [3.8, 4) is 0 Å². The first-order valence-corrected chi connectivity index (χ1v) is 8.51. The molecule has 6 heteroatoms. The van der Waals surface area contributed by atoms with Crippen LogP contribution in [-0.2, 0) is 6.54 Å². The van der Waals surface area contributed by atoms with E-state index < -0.39 is 11.6 Å². The molecule has 0 bridgehead atoms. The summed E-state index contributed by atoms with van der Waals surface area (Å²) in [5, 5.41) is 12.4. The summed E-state index contributed by atoms with van der Waals surface area (Å²) in [5.41, 5.74) is 8.11. The van der Waals surface area contributed by atoms with Crippen molar-refractivity contribution >= 4 is 11.9 Å². The van der Waals surface area contributed by atoms with Gasteiger partial charge in [0.25, 0.3) is 5.91 Å². The number of hydrogen-bond acceptors (Lipinski definition) is 3. The third-order valence-corrected chi connectivity index (χ3v) is 4.46. The van der Waals surface area contributed by atoms with Crippen molar-refractivity contribution in [3.05, 3.63) is 70.8 Å². The highest BCUT2D eigenvalue weighted by Crippen LogP contribution is 2.38. The number of carbonyl (C=O) groups excluding carboxylic acids is 2. The van der Waals surface area contributed by atoms with E-state index in [9.17, 15) is 14.7 Å². The number of benzene rings is 2. The zero-order valence-electron chi connectivity index (χ0n) is 14.9. The number of aliphatic hydroxyl groups is 1. The molecule has 3 rings (SSSR count). The average Bonchev–Trinajstić information content (AvgIpc) is 2.99. The smallest absolute Gasteiger partial charge is 0.315 e. The number of urea groups is 1. The minimum atomic E-state index is -0.967. The molecule has 2 aromatic carbocycles. The van der Waals surface area contributed by atoms with E-state index in [1.165, 1.54) is 0 Å². The molecule has 0 aliphatic carbocycles. The average molecular weight is 353 g/mol. The van der Waals surface area contributed by atoms with Gasteiger partial charge in [-0.2, -0.15) is 0 Å². The Labute approximate surface area is 152 Å². The maximum atomic E-state index is 12.2. The lowest BCUT2D eigenvalue weighted by molar-refractivity contribution is 0.0694. The van der Waals surface area contributed by atoms with Gasteiger partial charge in [0.15, 0.2) is 0 Å². The predicted molar refractivity (Wildman–Crippen MR) is 98.5 cm³/mol. The van der Waals surface area contributed by atoms with Crippen LogP contribution in [0.3, 0.4) is 0 Å². The van der Waals surface area contributed by atoms with E-state index in [1.54, 1.807) is 30.9 Å². The van der Waals surface area contributed by atoms with Gasteiger partial charge in [0, 0.05) is 18.7 Å². The molecule has 136 valence electrons. The van der Waals surface area contributed by atoms with Crippen molar-refractivity contribution in [2.75, 3.05) is 6.54 Å². The molecule has 1 aliphatic heterocycles. The molecule has 1 aliphatic rings. The highest BCUT2D eigenvalue weighted by Gasteiger charge is 2.33. The van der Waals surface area contributed by atoms with Crippen LogP contribution >= 0.6 is 0 Å². The van der Waals surface area contributed by atoms with E-state index in [1.807, 2.05) is 36.4 Å². The zero-order valence-corrected chi connectivity index (χ0v) is 14.9. The van der Waals surface area contributed by atoms with Gasteiger partial charge in [0.1, 0.15) is 0 Å². The standard InChI is InChI=1S/C20H23N3O3/c1-20(2,26)12-22-18(24)14-9-7-13(8-10-14)17-16-6-4-3-5-15(16)11-23(17)19(21)25/h3-10,17,26H,11-12H2,1-2H3,(H2,21,25)(H,22,24). The first-order valence-electron chi connectivity index (χ1n) is 8.51. The second-order valence-corrected chi connectivity index (χ2v) is 7.18. The molecule has 1 atom stereocenters. The molecule has 1 heterocycles. The molecule has 0 fully saturated rings. The highest BCUT2D eigenvalue weighted by molar-refractivity contribution is 5.94. The number of carbonyl (C=O) groups is 2. The molecule has 0 radical (unpaired) electrons. The molecule has 0 spiro atoms. The van der Waals surface area contributed by atoms with Gasteiger partial charge in [-0.25, -0.2) is 4.79 Å². The Kier molecular flexibility index (Phi) is 4.70. The molecule has 0 saturated heterocycles. The van der Waals surface area contributed by atoms with Crippen molar-refractivity contribution in [2.24, 2.45) is 5.73 Å². The number of rotatable bonds is 4. The summed E-state index contributed by atoms with van der Waals surface area (Å²) in [6.45, 7) is 3.90. The SMILES string of the molecule is CC(C)(O)CNC(=O)c1ccc(C2c3ccccc3CN2C(N)=O)cc1. The van der Waals surface area contributed by atoms with E-state index in [0.717, 1.165) is 16.7 Å². The van der Waals surface area contributed by atoms with Crippen LogP contribution in [0.2, 0.25) is 0 Å². The number of hydrogen-bond donors (Lipinski definition) is 3. The maximum absolute atomic E-state index is 12.2. The summed E-state index contributed by atoms with van der Waals surface area (Å²) in [5.74, 6) is -0.253. The maximum Gasteiger partial charge on any atom is 0.315 e. The Bertz CT molecular complexity index is 825. The van der Waals surface area contributed by atoms with Gasteiger partial charge in [-0.15, -0.1) is 0 Å². The van der Waals surface area contributed by atoms with Crippen molar-refractivity contribution in [3.63, 3.8) is 0 Å². The van der Waals surface area contributed by atoms with Crippen molar-refractivity contribution in [2.45, 2.75) is 32.0 Å². The number of fused-ring (bicyclic) bond motifs is 1.